The zero-order valence-corrected chi connectivity index (χ0v) is 31.8. The number of esters is 3. The van der Waals surface area contributed by atoms with Crippen LogP contribution in [0.25, 0.3) is 0 Å². The lowest BCUT2D eigenvalue weighted by Gasteiger charge is -2.72. The molecule has 0 aliphatic heterocycles. The summed E-state index contributed by atoms with van der Waals surface area (Å²) in [5.41, 5.74) is -0.722. The quantitative estimate of drug-likeness (QED) is 0.163. The molecule has 0 heterocycles. The van der Waals surface area contributed by atoms with Crippen LogP contribution in [0.5, 0.6) is 0 Å². The minimum Gasteiger partial charge on any atom is -0.465 e. The average Bonchev–Trinajstić information content (AvgIpc) is 3.46. The number of carbonyl (C=O) groups excluding carboxylic acids is 5. The van der Waals surface area contributed by atoms with Gasteiger partial charge in [0, 0.05) is 6.92 Å². The SMILES string of the molecule is C=C(C)[C@@H]1CC[C@]2(C(=O)NCC(=O)OCC)CC[C@]3(C)[C@H](CC[C@@H]4[C@@]5(C)CC[C@@H](OC(C)=O)[C@@](C)(C(=O)NCC(=O)OCC)[C@@H]5CC[C@]43C)[C@@H]12. The number of allylic oxidation sites excluding steroid dienone is 1. The van der Waals surface area contributed by atoms with Gasteiger partial charge in [0.15, 0.2) is 0 Å². The summed E-state index contributed by atoms with van der Waals surface area (Å²) in [6, 6.07) is 0. The number of hydrogen-bond acceptors (Lipinski definition) is 8. The fourth-order valence-corrected chi connectivity index (χ4v) is 13.0. The molecule has 0 radical (unpaired) electrons. The Labute approximate surface area is 299 Å². The Morgan fingerprint density at radius 3 is 1.90 bits per heavy atom. The number of nitrogens with one attached hydrogen (secondary N) is 2. The van der Waals surface area contributed by atoms with E-state index >= 15 is 0 Å². The van der Waals surface area contributed by atoms with Crippen LogP contribution < -0.4 is 10.6 Å². The van der Waals surface area contributed by atoms with E-state index in [1.807, 2.05) is 6.92 Å². The molecule has 0 aromatic heterocycles. The summed E-state index contributed by atoms with van der Waals surface area (Å²) in [4.78, 5) is 65.3. The van der Waals surface area contributed by atoms with Gasteiger partial charge in [-0.05, 0) is 138 Å². The van der Waals surface area contributed by atoms with Gasteiger partial charge in [0.05, 0.1) is 24.0 Å². The second kappa shape index (κ2) is 13.9. The normalized spacial score (nSPS) is 41.6. The van der Waals surface area contributed by atoms with Gasteiger partial charge in [-0.1, -0.05) is 32.9 Å². The van der Waals surface area contributed by atoms with Crippen molar-refractivity contribution in [1.29, 1.82) is 0 Å². The molecular formula is C40H62N2O8. The van der Waals surface area contributed by atoms with E-state index in [1.54, 1.807) is 13.8 Å². The second-order valence-electron chi connectivity index (χ2n) is 17.2. The van der Waals surface area contributed by atoms with Crippen LogP contribution in [0.15, 0.2) is 12.2 Å². The third-order valence-corrected chi connectivity index (χ3v) is 15.3. The van der Waals surface area contributed by atoms with E-state index < -0.39 is 34.8 Å². The fourth-order valence-electron chi connectivity index (χ4n) is 13.0. The van der Waals surface area contributed by atoms with E-state index in [1.165, 1.54) is 6.92 Å². The van der Waals surface area contributed by atoms with Crippen LogP contribution in [0.2, 0.25) is 0 Å². The molecule has 280 valence electrons. The Balaban J connectivity index is 1.48. The van der Waals surface area contributed by atoms with Crippen molar-refractivity contribution in [3.63, 3.8) is 0 Å². The zero-order chi connectivity index (χ0) is 36.9. The van der Waals surface area contributed by atoms with Gasteiger partial charge in [-0.15, -0.1) is 0 Å². The highest BCUT2D eigenvalue weighted by atomic mass is 16.5. The van der Waals surface area contributed by atoms with Crippen LogP contribution >= 0.6 is 0 Å². The van der Waals surface area contributed by atoms with E-state index in [9.17, 15) is 24.0 Å². The van der Waals surface area contributed by atoms with Crippen LogP contribution in [0.3, 0.4) is 0 Å². The number of amides is 2. The maximum atomic E-state index is 14.2. The van der Waals surface area contributed by atoms with Gasteiger partial charge in [-0.25, -0.2) is 0 Å². The fraction of sp³-hybridized carbons (Fsp3) is 0.825. The first-order chi connectivity index (χ1) is 23.5. The van der Waals surface area contributed by atoms with Gasteiger partial charge in [0.25, 0.3) is 0 Å². The van der Waals surface area contributed by atoms with E-state index in [0.717, 1.165) is 63.4 Å². The first kappa shape index (κ1) is 38.3. The zero-order valence-electron chi connectivity index (χ0n) is 31.8. The monoisotopic (exact) mass is 698 g/mol. The third-order valence-electron chi connectivity index (χ3n) is 15.3. The predicted molar refractivity (Wildman–Crippen MR) is 188 cm³/mol. The first-order valence-corrected chi connectivity index (χ1v) is 19.2. The van der Waals surface area contributed by atoms with E-state index in [-0.39, 0.29) is 72.1 Å². The molecule has 11 atom stereocenters. The average molecular weight is 699 g/mol. The molecule has 5 rings (SSSR count). The second-order valence-corrected chi connectivity index (χ2v) is 17.2. The number of fused-ring (bicyclic) bond motifs is 7. The lowest BCUT2D eigenvalue weighted by molar-refractivity contribution is -0.248. The number of hydrogen-bond donors (Lipinski definition) is 2. The lowest BCUT2D eigenvalue weighted by Crippen LogP contribution is -2.69. The van der Waals surface area contributed by atoms with Crippen molar-refractivity contribution >= 4 is 29.7 Å². The van der Waals surface area contributed by atoms with Crippen LogP contribution in [0.1, 0.15) is 120 Å². The maximum Gasteiger partial charge on any atom is 0.325 e. The standard InChI is InChI=1S/C40H62N2O8/c1-10-48-31(44)22-41-34(46)39(9)29-15-18-38(8)28(36(29,6)17-16-30(39)50-25(5)43)13-12-27-33-26(24(3)4)14-19-40(33,21-20-37(27,38)7)35(47)42-23-32(45)49-11-2/h26-30,33H,3,10-23H2,1-2,4-9H3,(H,41,46)(H,42,47)/t26-,27+,28+,29+,30+,33+,36+,37+,38+,39-,40-/m0/s1. The van der Waals surface area contributed by atoms with Crippen molar-refractivity contribution in [1.82, 2.24) is 10.6 Å². The van der Waals surface area contributed by atoms with Crippen molar-refractivity contribution in [3.8, 4) is 0 Å². The van der Waals surface area contributed by atoms with Gasteiger partial charge < -0.3 is 24.8 Å². The summed E-state index contributed by atoms with van der Waals surface area (Å²) in [5.74, 6) is -0.623. The van der Waals surface area contributed by atoms with E-state index in [0.29, 0.717) is 18.3 Å². The molecule has 2 amide bonds. The maximum absolute atomic E-state index is 14.2. The molecule has 10 heteroatoms. The molecule has 0 saturated heterocycles. The molecule has 10 nitrogen and oxygen atoms in total. The lowest BCUT2D eigenvalue weighted by atomic mass is 9.32. The first-order valence-electron chi connectivity index (χ1n) is 19.2. The molecule has 0 spiro atoms. The molecule has 0 aromatic rings. The Hall–Kier alpha value is -2.91. The Kier molecular flexibility index (Phi) is 10.7. The molecule has 5 saturated carbocycles. The summed E-state index contributed by atoms with van der Waals surface area (Å²) in [6.45, 7) is 20.9. The molecule has 5 aliphatic rings. The highest BCUT2D eigenvalue weighted by Gasteiger charge is 2.73. The summed E-state index contributed by atoms with van der Waals surface area (Å²) >= 11 is 0. The van der Waals surface area contributed by atoms with Gasteiger partial charge in [0.2, 0.25) is 11.8 Å². The highest BCUT2D eigenvalue weighted by Crippen LogP contribution is 2.77. The predicted octanol–water partition coefficient (Wildman–Crippen LogP) is 5.91. The van der Waals surface area contributed by atoms with Crippen LogP contribution in [0, 0.1) is 56.7 Å². The van der Waals surface area contributed by atoms with E-state index in [4.69, 9.17) is 14.2 Å². The molecule has 2 N–H and O–H groups in total. The van der Waals surface area contributed by atoms with Gasteiger partial charge in [-0.3, -0.25) is 24.0 Å². The molecular weight excluding hydrogens is 636 g/mol. The largest absolute Gasteiger partial charge is 0.465 e. The molecule has 5 aliphatic carbocycles. The molecule has 0 aromatic carbocycles. The number of rotatable bonds is 10. The third kappa shape index (κ3) is 5.88. The van der Waals surface area contributed by atoms with Gasteiger partial charge >= 0.3 is 17.9 Å². The van der Waals surface area contributed by atoms with Crippen molar-refractivity contribution < 1.29 is 38.2 Å². The van der Waals surface area contributed by atoms with Crippen molar-refractivity contribution in [2.45, 2.75) is 126 Å². The molecule has 0 bridgehead atoms. The molecule has 50 heavy (non-hydrogen) atoms. The number of ether oxygens (including phenoxy) is 3. The van der Waals surface area contributed by atoms with Crippen molar-refractivity contribution in [2.24, 2.45) is 56.7 Å². The Bertz CT molecular complexity index is 1400. The summed E-state index contributed by atoms with van der Waals surface area (Å²) < 4.78 is 16.1. The summed E-state index contributed by atoms with van der Waals surface area (Å²) in [6.07, 6.45) is 7.94. The van der Waals surface area contributed by atoms with Crippen LogP contribution in [-0.2, 0) is 38.2 Å². The van der Waals surface area contributed by atoms with Crippen LogP contribution in [0.4, 0.5) is 0 Å². The molecule has 0 unspecified atom stereocenters. The Morgan fingerprint density at radius 1 is 0.700 bits per heavy atom. The number of carbonyl (C=O) groups is 5. The summed E-state index contributed by atoms with van der Waals surface area (Å²) in [7, 11) is 0. The van der Waals surface area contributed by atoms with Crippen LogP contribution in [-0.4, -0.2) is 62.1 Å². The van der Waals surface area contributed by atoms with Crippen molar-refractivity contribution in [2.75, 3.05) is 26.3 Å². The van der Waals surface area contributed by atoms with Crippen molar-refractivity contribution in [3.05, 3.63) is 12.2 Å². The summed E-state index contributed by atoms with van der Waals surface area (Å²) in [5, 5.41) is 5.86. The topological polar surface area (TPSA) is 137 Å². The van der Waals surface area contributed by atoms with E-state index in [2.05, 4.69) is 44.9 Å². The minimum absolute atomic E-state index is 0.0160. The smallest absolute Gasteiger partial charge is 0.325 e. The molecule has 5 fully saturated rings. The van der Waals surface area contributed by atoms with Gasteiger partial charge in [-0.2, -0.15) is 0 Å². The highest BCUT2D eigenvalue weighted by molar-refractivity contribution is 5.88. The van der Waals surface area contributed by atoms with Gasteiger partial charge in [0.1, 0.15) is 19.2 Å². The Morgan fingerprint density at radius 2 is 1.32 bits per heavy atom. The minimum atomic E-state index is -1.01.